The Balaban J connectivity index is 1.90. The van der Waals surface area contributed by atoms with Gasteiger partial charge in [0.1, 0.15) is 0 Å². The molecule has 0 heterocycles. The van der Waals surface area contributed by atoms with E-state index in [2.05, 4.69) is 45.6 Å². The topological polar surface area (TPSA) is 38.0 Å². The van der Waals surface area contributed by atoms with E-state index in [1.54, 1.807) is 0 Å². The smallest absolute Gasteiger partial charge is 0.0253 e. The van der Waals surface area contributed by atoms with Gasteiger partial charge in [-0.3, -0.25) is 11.3 Å². The average molecular weight is 311 g/mol. The highest BCUT2D eigenvalue weighted by molar-refractivity contribution is 9.10. The first-order valence-corrected chi connectivity index (χ1v) is 7.78. The van der Waals surface area contributed by atoms with Gasteiger partial charge in [-0.25, -0.2) is 0 Å². The van der Waals surface area contributed by atoms with Gasteiger partial charge in [-0.2, -0.15) is 0 Å². The molecule has 1 atom stereocenters. The van der Waals surface area contributed by atoms with E-state index in [0.717, 1.165) is 12.3 Å². The quantitative estimate of drug-likeness (QED) is 0.641. The van der Waals surface area contributed by atoms with Gasteiger partial charge in [0.2, 0.25) is 0 Å². The van der Waals surface area contributed by atoms with E-state index in [1.165, 1.54) is 48.6 Å². The highest BCUT2D eigenvalue weighted by Gasteiger charge is 2.19. The fourth-order valence-electron chi connectivity index (χ4n) is 2.96. The van der Waals surface area contributed by atoms with Crippen LogP contribution in [0.2, 0.25) is 0 Å². The van der Waals surface area contributed by atoms with E-state index in [4.69, 9.17) is 5.84 Å². The number of nitrogens with one attached hydrogen (secondary N) is 1. The number of benzene rings is 1. The first kappa shape index (κ1) is 14.0. The van der Waals surface area contributed by atoms with Crippen LogP contribution < -0.4 is 11.3 Å². The molecule has 1 fully saturated rings. The lowest BCUT2D eigenvalue weighted by atomic mass is 9.84. The van der Waals surface area contributed by atoms with Crippen LogP contribution in [0, 0.1) is 5.92 Å². The first-order valence-electron chi connectivity index (χ1n) is 6.99. The Hall–Kier alpha value is -0.380. The van der Waals surface area contributed by atoms with Gasteiger partial charge in [0.25, 0.3) is 0 Å². The maximum atomic E-state index is 5.72. The lowest BCUT2D eigenvalue weighted by Crippen LogP contribution is -2.38. The second-order valence-corrected chi connectivity index (χ2v) is 6.25. The molecule has 0 bridgehead atoms. The van der Waals surface area contributed by atoms with Gasteiger partial charge in [-0.1, -0.05) is 66.2 Å². The third kappa shape index (κ3) is 4.08. The molecule has 0 radical (unpaired) electrons. The molecule has 1 aromatic carbocycles. The Morgan fingerprint density at radius 1 is 1.22 bits per heavy atom. The maximum Gasteiger partial charge on any atom is 0.0253 e. The van der Waals surface area contributed by atoms with Gasteiger partial charge in [-0.15, -0.1) is 0 Å². The summed E-state index contributed by atoms with van der Waals surface area (Å²) in [7, 11) is 0. The Bertz CT molecular complexity index is 361. The number of hydrogen-bond acceptors (Lipinski definition) is 2. The Morgan fingerprint density at radius 3 is 2.61 bits per heavy atom. The van der Waals surface area contributed by atoms with Crippen molar-refractivity contribution < 1.29 is 0 Å². The second-order valence-electron chi connectivity index (χ2n) is 5.40. The summed E-state index contributed by atoms with van der Waals surface area (Å²) in [6.07, 6.45) is 9.20. The van der Waals surface area contributed by atoms with Crippen LogP contribution in [0.3, 0.4) is 0 Å². The highest BCUT2D eigenvalue weighted by atomic mass is 79.9. The molecule has 1 aromatic rings. The number of hydrazine groups is 1. The fraction of sp³-hybridized carbons (Fsp3) is 0.600. The minimum absolute atomic E-state index is 0.395. The van der Waals surface area contributed by atoms with Gasteiger partial charge in [0.05, 0.1) is 0 Å². The van der Waals surface area contributed by atoms with Gasteiger partial charge in [-0.05, 0) is 30.4 Å². The zero-order valence-electron chi connectivity index (χ0n) is 10.9. The molecular formula is C15H23BrN2. The predicted octanol–water partition coefficient (Wildman–Crippen LogP) is 3.79. The molecule has 1 saturated carbocycles. The van der Waals surface area contributed by atoms with Crippen LogP contribution >= 0.6 is 15.9 Å². The van der Waals surface area contributed by atoms with Crippen LogP contribution in [0.5, 0.6) is 0 Å². The summed E-state index contributed by atoms with van der Waals surface area (Å²) in [5.41, 5.74) is 4.35. The number of hydrogen-bond donors (Lipinski definition) is 2. The summed E-state index contributed by atoms with van der Waals surface area (Å²) < 4.78 is 1.19. The largest absolute Gasteiger partial charge is 0.271 e. The SMILES string of the molecule is NNC(Cc1ccccc1Br)CC1CCCCC1. The molecule has 18 heavy (non-hydrogen) atoms. The number of halogens is 1. The van der Waals surface area contributed by atoms with Gasteiger partial charge in [0.15, 0.2) is 0 Å². The minimum atomic E-state index is 0.395. The molecule has 1 aliphatic rings. The fourth-order valence-corrected chi connectivity index (χ4v) is 3.41. The highest BCUT2D eigenvalue weighted by Crippen LogP contribution is 2.28. The third-order valence-corrected chi connectivity index (χ3v) is 4.78. The molecule has 0 saturated heterocycles. The van der Waals surface area contributed by atoms with Crippen LogP contribution in [-0.4, -0.2) is 6.04 Å². The summed E-state index contributed by atoms with van der Waals surface area (Å²) in [5, 5.41) is 0. The minimum Gasteiger partial charge on any atom is -0.271 e. The van der Waals surface area contributed by atoms with Gasteiger partial charge >= 0.3 is 0 Å². The molecule has 0 aromatic heterocycles. The molecule has 0 aliphatic heterocycles. The molecular weight excluding hydrogens is 288 g/mol. The first-order chi connectivity index (χ1) is 8.79. The Morgan fingerprint density at radius 2 is 1.94 bits per heavy atom. The monoisotopic (exact) mass is 310 g/mol. The van der Waals surface area contributed by atoms with Crippen molar-refractivity contribution in [2.75, 3.05) is 0 Å². The van der Waals surface area contributed by atoms with Crippen LogP contribution in [-0.2, 0) is 6.42 Å². The molecule has 100 valence electrons. The maximum absolute atomic E-state index is 5.72. The van der Waals surface area contributed by atoms with E-state index in [9.17, 15) is 0 Å². The van der Waals surface area contributed by atoms with Crippen molar-refractivity contribution >= 4 is 15.9 Å². The van der Waals surface area contributed by atoms with E-state index >= 15 is 0 Å². The van der Waals surface area contributed by atoms with E-state index in [-0.39, 0.29) is 0 Å². The molecule has 2 rings (SSSR count). The Kier molecular flexibility index (Phi) is 5.67. The van der Waals surface area contributed by atoms with Crippen LogP contribution in [0.1, 0.15) is 44.1 Å². The summed E-state index contributed by atoms with van der Waals surface area (Å²) in [6, 6.07) is 8.82. The zero-order chi connectivity index (χ0) is 12.8. The van der Waals surface area contributed by atoms with Crippen LogP contribution in [0.15, 0.2) is 28.7 Å². The standard InChI is InChI=1S/C15H23BrN2/c16-15-9-5-4-8-13(15)11-14(18-17)10-12-6-2-1-3-7-12/h4-5,8-9,12,14,18H,1-3,6-7,10-11,17H2. The summed E-state index contributed by atoms with van der Waals surface area (Å²) in [6.45, 7) is 0. The van der Waals surface area contributed by atoms with Crippen LogP contribution in [0.4, 0.5) is 0 Å². The van der Waals surface area contributed by atoms with E-state index < -0.39 is 0 Å². The molecule has 0 spiro atoms. The van der Waals surface area contributed by atoms with Gasteiger partial charge < -0.3 is 0 Å². The van der Waals surface area contributed by atoms with Crippen molar-refractivity contribution in [2.24, 2.45) is 11.8 Å². The number of rotatable bonds is 5. The molecule has 3 heteroatoms. The summed E-state index contributed by atoms with van der Waals surface area (Å²) >= 11 is 3.61. The summed E-state index contributed by atoms with van der Waals surface area (Å²) in [5.74, 6) is 6.59. The van der Waals surface area contributed by atoms with Crippen LogP contribution in [0.25, 0.3) is 0 Å². The molecule has 3 N–H and O–H groups in total. The second kappa shape index (κ2) is 7.27. The van der Waals surface area contributed by atoms with Gasteiger partial charge in [0, 0.05) is 10.5 Å². The van der Waals surface area contributed by atoms with Crippen molar-refractivity contribution in [2.45, 2.75) is 51.0 Å². The Labute approximate surface area is 118 Å². The van der Waals surface area contributed by atoms with E-state index in [0.29, 0.717) is 6.04 Å². The van der Waals surface area contributed by atoms with Crippen molar-refractivity contribution in [1.29, 1.82) is 0 Å². The van der Waals surface area contributed by atoms with Crippen molar-refractivity contribution in [3.63, 3.8) is 0 Å². The molecule has 1 aliphatic carbocycles. The third-order valence-electron chi connectivity index (χ3n) is 4.00. The van der Waals surface area contributed by atoms with E-state index in [1.807, 2.05) is 0 Å². The summed E-state index contributed by atoms with van der Waals surface area (Å²) in [4.78, 5) is 0. The molecule has 2 nitrogen and oxygen atoms in total. The molecule has 1 unspecified atom stereocenters. The number of nitrogens with two attached hydrogens (primary N) is 1. The van der Waals surface area contributed by atoms with Crippen molar-refractivity contribution in [1.82, 2.24) is 5.43 Å². The predicted molar refractivity (Wildman–Crippen MR) is 80.1 cm³/mol. The zero-order valence-corrected chi connectivity index (χ0v) is 12.5. The molecule has 0 amide bonds. The lowest BCUT2D eigenvalue weighted by molar-refractivity contribution is 0.297. The lowest BCUT2D eigenvalue weighted by Gasteiger charge is -2.26. The van der Waals surface area contributed by atoms with Crippen molar-refractivity contribution in [3.8, 4) is 0 Å². The normalized spacial score (nSPS) is 18.8. The van der Waals surface area contributed by atoms with Crippen molar-refractivity contribution in [3.05, 3.63) is 34.3 Å². The average Bonchev–Trinajstić information content (AvgIpc) is 2.41.